The smallest absolute Gasteiger partial charge is 0.262 e. The monoisotopic (exact) mass is 544 g/mol. The summed E-state index contributed by atoms with van der Waals surface area (Å²) in [6, 6.07) is 18.0. The van der Waals surface area contributed by atoms with Gasteiger partial charge in [0.2, 0.25) is 0 Å². The number of ether oxygens (including phenoxy) is 1. The topological polar surface area (TPSA) is 91.8 Å². The SMILES string of the molecule is COc1ccc(Cl)c2sc(N(CCN(C)C)C(=O)c3ccccc3NS(=O)(=O)c3ccccc3)nc12. The van der Waals surface area contributed by atoms with Crippen molar-refractivity contribution in [2.24, 2.45) is 0 Å². The van der Waals surface area contributed by atoms with E-state index in [9.17, 15) is 13.2 Å². The largest absolute Gasteiger partial charge is 0.494 e. The molecule has 1 heterocycles. The van der Waals surface area contributed by atoms with Gasteiger partial charge in [0, 0.05) is 13.1 Å². The van der Waals surface area contributed by atoms with E-state index in [1.165, 1.54) is 28.4 Å². The summed E-state index contributed by atoms with van der Waals surface area (Å²) in [5.74, 6) is 0.158. The summed E-state index contributed by atoms with van der Waals surface area (Å²) < 4.78 is 34.6. The first-order chi connectivity index (χ1) is 17.2. The van der Waals surface area contributed by atoms with E-state index in [0.717, 1.165) is 0 Å². The van der Waals surface area contributed by atoms with Crippen molar-refractivity contribution in [3.63, 3.8) is 0 Å². The fourth-order valence-electron chi connectivity index (χ4n) is 3.51. The molecular weight excluding hydrogens is 520 g/mol. The number of fused-ring (bicyclic) bond motifs is 1. The normalized spacial score (nSPS) is 11.6. The van der Waals surface area contributed by atoms with Crippen LogP contribution >= 0.6 is 22.9 Å². The Labute approximate surface area is 219 Å². The van der Waals surface area contributed by atoms with Crippen LogP contribution in [0.3, 0.4) is 0 Å². The van der Waals surface area contributed by atoms with Gasteiger partial charge in [0.15, 0.2) is 5.13 Å². The number of anilines is 2. The number of amides is 1. The molecule has 188 valence electrons. The summed E-state index contributed by atoms with van der Waals surface area (Å²) in [5.41, 5.74) is 0.941. The minimum atomic E-state index is -3.90. The zero-order valence-electron chi connectivity index (χ0n) is 19.9. The summed E-state index contributed by atoms with van der Waals surface area (Å²) >= 11 is 7.69. The molecule has 4 aromatic rings. The molecule has 1 N–H and O–H groups in total. The molecule has 0 aliphatic rings. The second-order valence-corrected chi connectivity index (χ2v) is 11.2. The molecule has 0 saturated carbocycles. The standard InChI is InChI=1S/C25H25ClN4O4S2/c1-29(2)15-16-30(25-27-22-21(34-3)14-13-19(26)23(22)35-25)24(31)18-11-7-8-12-20(18)28-36(32,33)17-9-5-4-6-10-17/h4-14,28H,15-16H2,1-3H3. The maximum Gasteiger partial charge on any atom is 0.262 e. The van der Waals surface area contributed by atoms with E-state index >= 15 is 0 Å². The lowest BCUT2D eigenvalue weighted by Crippen LogP contribution is -2.37. The number of carbonyl (C=O) groups excluding carboxylic acids is 1. The van der Waals surface area contributed by atoms with Gasteiger partial charge in [-0.15, -0.1) is 0 Å². The highest BCUT2D eigenvalue weighted by molar-refractivity contribution is 7.92. The molecule has 1 aromatic heterocycles. The molecule has 0 spiro atoms. The molecule has 0 atom stereocenters. The third-order valence-corrected chi connectivity index (χ3v) is 8.29. The fourth-order valence-corrected chi connectivity index (χ4v) is 5.89. The van der Waals surface area contributed by atoms with E-state index in [-0.39, 0.29) is 16.1 Å². The van der Waals surface area contributed by atoms with Crippen molar-refractivity contribution in [1.82, 2.24) is 9.88 Å². The van der Waals surface area contributed by atoms with Crippen LogP contribution in [-0.4, -0.2) is 58.5 Å². The molecule has 0 aliphatic carbocycles. The predicted molar refractivity (Wildman–Crippen MR) is 145 cm³/mol. The minimum Gasteiger partial charge on any atom is -0.494 e. The van der Waals surface area contributed by atoms with E-state index in [1.807, 2.05) is 19.0 Å². The van der Waals surface area contributed by atoms with Gasteiger partial charge in [-0.3, -0.25) is 14.4 Å². The van der Waals surface area contributed by atoms with Crippen LogP contribution in [-0.2, 0) is 10.0 Å². The van der Waals surface area contributed by atoms with Crippen molar-refractivity contribution in [1.29, 1.82) is 0 Å². The number of thiazole rings is 1. The first kappa shape index (κ1) is 25.9. The molecular formula is C25H25ClN4O4S2. The Bertz CT molecular complexity index is 1490. The average molecular weight is 545 g/mol. The summed E-state index contributed by atoms with van der Waals surface area (Å²) in [5, 5.41) is 0.939. The number of benzene rings is 3. The Hall–Kier alpha value is -3.18. The van der Waals surface area contributed by atoms with E-state index in [1.54, 1.807) is 61.7 Å². The number of rotatable bonds is 9. The Kier molecular flexibility index (Phi) is 7.79. The van der Waals surface area contributed by atoms with Gasteiger partial charge in [0.25, 0.3) is 15.9 Å². The van der Waals surface area contributed by atoms with Crippen LogP contribution in [0.5, 0.6) is 5.75 Å². The number of para-hydroxylation sites is 1. The summed E-state index contributed by atoms with van der Waals surface area (Å²) in [6.07, 6.45) is 0. The molecule has 0 unspecified atom stereocenters. The van der Waals surface area contributed by atoms with Gasteiger partial charge in [-0.2, -0.15) is 0 Å². The lowest BCUT2D eigenvalue weighted by molar-refractivity contribution is 0.0986. The van der Waals surface area contributed by atoms with Gasteiger partial charge in [0.05, 0.1) is 33.0 Å². The number of aromatic nitrogens is 1. The van der Waals surface area contributed by atoms with Crippen molar-refractivity contribution < 1.29 is 17.9 Å². The van der Waals surface area contributed by atoms with Gasteiger partial charge >= 0.3 is 0 Å². The van der Waals surface area contributed by atoms with Crippen LogP contribution in [0.15, 0.2) is 71.6 Å². The van der Waals surface area contributed by atoms with Crippen LogP contribution in [0.1, 0.15) is 10.4 Å². The minimum absolute atomic E-state index is 0.102. The Balaban J connectivity index is 1.76. The second-order valence-electron chi connectivity index (χ2n) is 8.15. The lowest BCUT2D eigenvalue weighted by Gasteiger charge is -2.23. The number of carbonyl (C=O) groups is 1. The number of hydrogen-bond acceptors (Lipinski definition) is 7. The second kappa shape index (κ2) is 10.8. The van der Waals surface area contributed by atoms with Crippen LogP contribution in [0.25, 0.3) is 10.2 Å². The third kappa shape index (κ3) is 5.46. The zero-order chi connectivity index (χ0) is 25.9. The predicted octanol–water partition coefficient (Wildman–Crippen LogP) is 4.97. The van der Waals surface area contributed by atoms with Crippen LogP contribution in [0.2, 0.25) is 5.02 Å². The molecule has 0 fully saturated rings. The highest BCUT2D eigenvalue weighted by Gasteiger charge is 2.26. The van der Waals surface area contributed by atoms with Crippen molar-refractivity contribution >= 4 is 59.9 Å². The van der Waals surface area contributed by atoms with E-state index < -0.39 is 15.9 Å². The maximum absolute atomic E-state index is 13.9. The highest BCUT2D eigenvalue weighted by Crippen LogP contribution is 2.39. The molecule has 3 aromatic carbocycles. The fraction of sp³-hybridized carbons (Fsp3) is 0.200. The van der Waals surface area contributed by atoms with Gasteiger partial charge in [-0.05, 0) is 50.5 Å². The number of nitrogens with one attached hydrogen (secondary N) is 1. The highest BCUT2D eigenvalue weighted by atomic mass is 35.5. The quantitative estimate of drug-likeness (QED) is 0.320. The number of halogens is 1. The number of hydrogen-bond donors (Lipinski definition) is 1. The van der Waals surface area contributed by atoms with Crippen molar-refractivity contribution in [3.05, 3.63) is 77.3 Å². The molecule has 8 nitrogen and oxygen atoms in total. The van der Waals surface area contributed by atoms with Gasteiger partial charge in [-0.25, -0.2) is 13.4 Å². The first-order valence-electron chi connectivity index (χ1n) is 11.0. The van der Waals surface area contributed by atoms with Gasteiger partial charge in [-0.1, -0.05) is 53.3 Å². The Morgan fingerprint density at radius 1 is 1.03 bits per heavy atom. The first-order valence-corrected chi connectivity index (χ1v) is 13.7. The van der Waals surface area contributed by atoms with E-state index in [0.29, 0.717) is 39.2 Å². The van der Waals surface area contributed by atoms with Crippen molar-refractivity contribution in [2.45, 2.75) is 4.90 Å². The molecule has 11 heteroatoms. The van der Waals surface area contributed by atoms with E-state index in [4.69, 9.17) is 16.3 Å². The Morgan fingerprint density at radius 3 is 2.42 bits per heavy atom. The molecule has 0 bridgehead atoms. The summed E-state index contributed by atoms with van der Waals surface area (Å²) in [4.78, 5) is 22.2. The number of nitrogens with zero attached hydrogens (tertiary/aromatic N) is 3. The molecule has 4 rings (SSSR count). The summed E-state index contributed by atoms with van der Waals surface area (Å²) in [7, 11) is 1.46. The molecule has 0 saturated heterocycles. The summed E-state index contributed by atoms with van der Waals surface area (Å²) in [6.45, 7) is 0.885. The molecule has 0 radical (unpaired) electrons. The maximum atomic E-state index is 13.9. The zero-order valence-corrected chi connectivity index (χ0v) is 22.3. The Morgan fingerprint density at radius 2 is 1.72 bits per heavy atom. The average Bonchev–Trinajstić information content (AvgIpc) is 3.31. The molecule has 0 aliphatic heterocycles. The molecule has 1 amide bonds. The van der Waals surface area contributed by atoms with Crippen LogP contribution in [0, 0.1) is 0 Å². The van der Waals surface area contributed by atoms with E-state index in [2.05, 4.69) is 9.71 Å². The van der Waals surface area contributed by atoms with Crippen molar-refractivity contribution in [2.75, 3.05) is 43.9 Å². The van der Waals surface area contributed by atoms with Gasteiger partial charge in [0.1, 0.15) is 11.3 Å². The van der Waals surface area contributed by atoms with Crippen molar-refractivity contribution in [3.8, 4) is 5.75 Å². The number of sulfonamides is 1. The van der Waals surface area contributed by atoms with Crippen LogP contribution < -0.4 is 14.4 Å². The van der Waals surface area contributed by atoms with Gasteiger partial charge < -0.3 is 9.64 Å². The number of likely N-dealkylation sites (N-methyl/N-ethyl adjacent to an activating group) is 1. The third-order valence-electron chi connectivity index (χ3n) is 5.37. The lowest BCUT2D eigenvalue weighted by atomic mass is 10.1. The molecule has 36 heavy (non-hydrogen) atoms. The number of methoxy groups -OCH3 is 1. The van der Waals surface area contributed by atoms with Crippen LogP contribution in [0.4, 0.5) is 10.8 Å².